The fourth-order valence-electron chi connectivity index (χ4n) is 3.51. The van der Waals surface area contributed by atoms with Crippen LogP contribution in [0, 0.1) is 0 Å². The van der Waals surface area contributed by atoms with Crippen molar-refractivity contribution < 1.29 is 19.1 Å². The Morgan fingerprint density at radius 3 is 2.17 bits per heavy atom. The summed E-state index contributed by atoms with van der Waals surface area (Å²) in [7, 11) is 0. The molecule has 5 nitrogen and oxygen atoms in total. The van der Waals surface area contributed by atoms with Gasteiger partial charge in [-0.05, 0) is 49.6 Å². The first-order valence-corrected chi connectivity index (χ1v) is 10.2. The molecule has 0 aliphatic carbocycles. The molecule has 0 spiro atoms. The van der Waals surface area contributed by atoms with Crippen LogP contribution in [0.2, 0.25) is 0 Å². The highest BCUT2D eigenvalue weighted by atomic mass is 16.7. The molecule has 0 atom stereocenters. The summed E-state index contributed by atoms with van der Waals surface area (Å²) in [5.41, 5.74) is 1.68. The van der Waals surface area contributed by atoms with Crippen molar-refractivity contribution >= 4 is 27.8 Å². The number of rotatable bonds is 9. The average Bonchev–Trinajstić information content (AvgIpc) is 3.06. The summed E-state index contributed by atoms with van der Waals surface area (Å²) in [4.78, 5) is 17.0. The summed E-state index contributed by atoms with van der Waals surface area (Å²) in [6.07, 6.45) is 2.96. The Kier molecular flexibility index (Phi) is 6.18. The Labute approximate surface area is 175 Å². The summed E-state index contributed by atoms with van der Waals surface area (Å²) in [6, 6.07) is 23.6. The molecule has 0 aliphatic heterocycles. The van der Waals surface area contributed by atoms with E-state index in [9.17, 15) is 4.79 Å². The van der Waals surface area contributed by atoms with Gasteiger partial charge in [-0.2, -0.15) is 4.73 Å². The lowest BCUT2D eigenvalue weighted by molar-refractivity contribution is -0.140. The second-order valence-corrected chi connectivity index (χ2v) is 7.14. The molecule has 0 amide bonds. The number of hydrogen-bond donors (Lipinski definition) is 0. The molecule has 4 rings (SSSR count). The Bertz CT molecular complexity index is 1130. The molecule has 1 aromatic heterocycles. The predicted octanol–water partition coefficient (Wildman–Crippen LogP) is 5.40. The fraction of sp³-hybridized carbons (Fsp3) is 0.240. The van der Waals surface area contributed by atoms with E-state index in [1.54, 1.807) is 4.73 Å². The van der Waals surface area contributed by atoms with E-state index in [-0.39, 0.29) is 5.97 Å². The molecule has 1 heterocycles. The van der Waals surface area contributed by atoms with Crippen molar-refractivity contribution in [3.8, 4) is 11.5 Å². The van der Waals surface area contributed by atoms with Crippen molar-refractivity contribution in [2.45, 2.75) is 26.2 Å². The summed E-state index contributed by atoms with van der Waals surface area (Å²) >= 11 is 0. The van der Waals surface area contributed by atoms with Crippen LogP contribution in [0.25, 0.3) is 21.8 Å². The molecule has 0 saturated heterocycles. The minimum absolute atomic E-state index is 0.360. The van der Waals surface area contributed by atoms with Gasteiger partial charge in [0, 0.05) is 23.8 Å². The quantitative estimate of drug-likeness (QED) is 0.351. The fourth-order valence-corrected chi connectivity index (χ4v) is 3.51. The highest BCUT2D eigenvalue weighted by molar-refractivity contribution is 6.08. The minimum atomic E-state index is -0.360. The van der Waals surface area contributed by atoms with E-state index in [4.69, 9.17) is 14.3 Å². The molecule has 3 aromatic carbocycles. The summed E-state index contributed by atoms with van der Waals surface area (Å²) in [5, 5.41) is 2.07. The van der Waals surface area contributed by atoms with Gasteiger partial charge in [0.15, 0.2) is 0 Å². The first-order chi connectivity index (χ1) is 14.7. The Morgan fingerprint density at radius 1 is 0.733 bits per heavy atom. The minimum Gasteiger partial charge on any atom is -0.494 e. The third-order valence-electron chi connectivity index (χ3n) is 4.89. The van der Waals surface area contributed by atoms with Crippen LogP contribution in [0.15, 0.2) is 72.8 Å². The van der Waals surface area contributed by atoms with Crippen LogP contribution in [0.3, 0.4) is 0 Å². The molecule has 0 radical (unpaired) electrons. The van der Waals surface area contributed by atoms with Crippen LogP contribution < -0.4 is 14.3 Å². The van der Waals surface area contributed by atoms with Gasteiger partial charge in [-0.3, -0.25) is 0 Å². The van der Waals surface area contributed by atoms with Gasteiger partial charge in [0.2, 0.25) is 0 Å². The third kappa shape index (κ3) is 4.57. The molecule has 154 valence electrons. The summed E-state index contributed by atoms with van der Waals surface area (Å²) in [6.45, 7) is 2.74. The molecule has 5 heteroatoms. The molecule has 0 aliphatic rings. The summed E-state index contributed by atoms with van der Waals surface area (Å²) < 4.78 is 13.2. The number of hydrogen-bond acceptors (Lipinski definition) is 4. The van der Waals surface area contributed by atoms with Crippen molar-refractivity contribution in [1.29, 1.82) is 0 Å². The van der Waals surface area contributed by atoms with E-state index in [0.29, 0.717) is 13.2 Å². The molecule has 0 fully saturated rings. The lowest BCUT2D eigenvalue weighted by atomic mass is 10.1. The highest BCUT2D eigenvalue weighted by Gasteiger charge is 2.13. The number of carbonyl (C=O) groups is 1. The van der Waals surface area contributed by atoms with Crippen LogP contribution in [-0.2, 0) is 4.79 Å². The smallest absolute Gasteiger partial charge is 0.329 e. The molecule has 0 unspecified atom stereocenters. The van der Waals surface area contributed by atoms with Crippen LogP contribution in [0.5, 0.6) is 11.5 Å². The van der Waals surface area contributed by atoms with Gasteiger partial charge in [-0.25, -0.2) is 4.79 Å². The largest absolute Gasteiger partial charge is 0.494 e. The van der Waals surface area contributed by atoms with Gasteiger partial charge in [0.25, 0.3) is 0 Å². The first kappa shape index (κ1) is 19.8. The monoisotopic (exact) mass is 403 g/mol. The average molecular weight is 403 g/mol. The number of unbranched alkanes of at least 4 members (excludes halogenated alkanes) is 2. The molecule has 0 saturated carbocycles. The number of fused-ring (bicyclic) bond motifs is 3. The van der Waals surface area contributed by atoms with E-state index >= 15 is 0 Å². The molecule has 0 N–H and O–H groups in total. The standard InChI is InChI=1S/C25H25NO4/c1-19(27)30-26-24-13-7-6-12-22(24)23-15-14-21(18-25(23)26)29-17-9-3-8-16-28-20-10-4-2-5-11-20/h2,4-7,10-15,18H,3,8-9,16-17H2,1H3. The van der Waals surface area contributed by atoms with Crippen molar-refractivity contribution in [3.63, 3.8) is 0 Å². The predicted molar refractivity (Wildman–Crippen MR) is 118 cm³/mol. The Hall–Kier alpha value is -3.47. The zero-order chi connectivity index (χ0) is 20.8. The van der Waals surface area contributed by atoms with E-state index < -0.39 is 0 Å². The first-order valence-electron chi connectivity index (χ1n) is 10.2. The summed E-state index contributed by atoms with van der Waals surface area (Å²) in [5.74, 6) is 1.31. The second kappa shape index (κ2) is 9.35. The molecular weight excluding hydrogens is 378 g/mol. The molecular formula is C25H25NO4. The number of benzene rings is 3. The Balaban J connectivity index is 1.34. The zero-order valence-electron chi connectivity index (χ0n) is 17.0. The normalized spacial score (nSPS) is 11.0. The number of ether oxygens (including phenoxy) is 2. The molecule has 0 bridgehead atoms. The van der Waals surface area contributed by atoms with Gasteiger partial charge in [0.1, 0.15) is 11.5 Å². The van der Waals surface area contributed by atoms with Gasteiger partial charge >= 0.3 is 5.97 Å². The lowest BCUT2D eigenvalue weighted by Crippen LogP contribution is -2.15. The Morgan fingerprint density at radius 2 is 1.40 bits per heavy atom. The number of para-hydroxylation sites is 2. The van der Waals surface area contributed by atoms with Crippen LogP contribution in [-0.4, -0.2) is 23.9 Å². The van der Waals surface area contributed by atoms with Gasteiger partial charge in [0.05, 0.1) is 24.2 Å². The van der Waals surface area contributed by atoms with Crippen molar-refractivity contribution in [2.24, 2.45) is 0 Å². The maximum atomic E-state index is 11.6. The second-order valence-electron chi connectivity index (χ2n) is 7.14. The highest BCUT2D eigenvalue weighted by Crippen LogP contribution is 2.31. The third-order valence-corrected chi connectivity index (χ3v) is 4.89. The van der Waals surface area contributed by atoms with E-state index in [1.807, 2.05) is 72.8 Å². The molecule has 4 aromatic rings. The van der Waals surface area contributed by atoms with Crippen LogP contribution >= 0.6 is 0 Å². The van der Waals surface area contributed by atoms with E-state index in [0.717, 1.165) is 52.6 Å². The SMILES string of the molecule is CC(=O)On1c2ccccc2c2ccc(OCCCCCOc3ccccc3)cc21. The van der Waals surface area contributed by atoms with Crippen LogP contribution in [0.1, 0.15) is 26.2 Å². The van der Waals surface area contributed by atoms with Crippen molar-refractivity contribution in [1.82, 2.24) is 4.73 Å². The van der Waals surface area contributed by atoms with E-state index in [1.165, 1.54) is 6.92 Å². The maximum Gasteiger partial charge on any atom is 0.329 e. The number of nitrogens with zero attached hydrogens (tertiary/aromatic N) is 1. The number of carbonyl (C=O) groups excluding carboxylic acids is 1. The van der Waals surface area contributed by atoms with Gasteiger partial charge < -0.3 is 14.3 Å². The zero-order valence-corrected chi connectivity index (χ0v) is 17.0. The number of aromatic nitrogens is 1. The van der Waals surface area contributed by atoms with Crippen molar-refractivity contribution in [2.75, 3.05) is 13.2 Å². The van der Waals surface area contributed by atoms with Gasteiger partial charge in [-0.15, -0.1) is 0 Å². The van der Waals surface area contributed by atoms with Gasteiger partial charge in [-0.1, -0.05) is 36.4 Å². The lowest BCUT2D eigenvalue weighted by Gasteiger charge is -2.09. The van der Waals surface area contributed by atoms with Crippen LogP contribution in [0.4, 0.5) is 0 Å². The molecule has 30 heavy (non-hydrogen) atoms. The maximum absolute atomic E-state index is 11.6. The van der Waals surface area contributed by atoms with Crippen molar-refractivity contribution in [3.05, 3.63) is 72.8 Å². The topological polar surface area (TPSA) is 49.7 Å². The van der Waals surface area contributed by atoms with E-state index in [2.05, 4.69) is 0 Å².